The monoisotopic (exact) mass is 309 g/mol. The Bertz CT molecular complexity index is 826. The van der Waals surface area contributed by atoms with E-state index in [0.29, 0.717) is 12.3 Å². The van der Waals surface area contributed by atoms with Crippen LogP contribution in [0.3, 0.4) is 0 Å². The van der Waals surface area contributed by atoms with Crippen molar-refractivity contribution < 1.29 is 9.53 Å². The SMILES string of the molecule is CCOc1cccc([C@H](C)NC(=O)c2n[nH]c3ccccc23)c1. The lowest BCUT2D eigenvalue weighted by molar-refractivity contribution is 0.0936. The number of nitrogens with one attached hydrogen (secondary N) is 2. The van der Waals surface area contributed by atoms with Gasteiger partial charge in [-0.05, 0) is 37.6 Å². The summed E-state index contributed by atoms with van der Waals surface area (Å²) in [5.41, 5.74) is 2.25. The highest BCUT2D eigenvalue weighted by Gasteiger charge is 2.17. The molecule has 3 rings (SSSR count). The second-order valence-electron chi connectivity index (χ2n) is 5.32. The Labute approximate surface area is 134 Å². The molecular weight excluding hydrogens is 290 g/mol. The number of aromatic nitrogens is 2. The Hall–Kier alpha value is -2.82. The van der Waals surface area contributed by atoms with Gasteiger partial charge in [0.1, 0.15) is 5.75 Å². The molecule has 0 saturated heterocycles. The molecular formula is C18H19N3O2. The summed E-state index contributed by atoms with van der Waals surface area (Å²) in [5.74, 6) is 0.605. The van der Waals surface area contributed by atoms with Crippen molar-refractivity contribution in [1.29, 1.82) is 0 Å². The number of rotatable bonds is 5. The minimum atomic E-state index is -0.197. The van der Waals surface area contributed by atoms with Crippen molar-refractivity contribution in [1.82, 2.24) is 15.5 Å². The van der Waals surface area contributed by atoms with Crippen LogP contribution in [0.25, 0.3) is 10.9 Å². The van der Waals surface area contributed by atoms with Gasteiger partial charge in [-0.15, -0.1) is 0 Å². The van der Waals surface area contributed by atoms with Gasteiger partial charge in [0.15, 0.2) is 5.69 Å². The van der Waals surface area contributed by atoms with Gasteiger partial charge in [-0.3, -0.25) is 9.89 Å². The molecule has 2 N–H and O–H groups in total. The molecule has 0 unspecified atom stereocenters. The fourth-order valence-corrected chi connectivity index (χ4v) is 2.53. The molecule has 0 bridgehead atoms. The summed E-state index contributed by atoms with van der Waals surface area (Å²) in [7, 11) is 0. The van der Waals surface area contributed by atoms with Gasteiger partial charge in [0.25, 0.3) is 5.91 Å². The van der Waals surface area contributed by atoms with Gasteiger partial charge < -0.3 is 10.1 Å². The molecule has 0 fully saturated rings. The third-order valence-corrected chi connectivity index (χ3v) is 3.70. The van der Waals surface area contributed by atoms with Gasteiger partial charge in [0.2, 0.25) is 0 Å². The van der Waals surface area contributed by atoms with Crippen LogP contribution >= 0.6 is 0 Å². The number of carbonyl (C=O) groups excluding carboxylic acids is 1. The maximum atomic E-state index is 12.5. The van der Waals surface area contributed by atoms with Gasteiger partial charge in [-0.2, -0.15) is 5.10 Å². The number of hydrogen-bond donors (Lipinski definition) is 2. The Balaban J connectivity index is 1.78. The van der Waals surface area contributed by atoms with E-state index in [4.69, 9.17) is 4.74 Å². The van der Waals surface area contributed by atoms with Gasteiger partial charge >= 0.3 is 0 Å². The number of aromatic amines is 1. The summed E-state index contributed by atoms with van der Waals surface area (Å²) in [4.78, 5) is 12.5. The molecule has 0 aliphatic rings. The maximum absolute atomic E-state index is 12.5. The zero-order valence-corrected chi connectivity index (χ0v) is 13.2. The van der Waals surface area contributed by atoms with E-state index in [1.807, 2.05) is 62.4 Å². The average Bonchev–Trinajstić information content (AvgIpc) is 2.99. The predicted molar refractivity (Wildman–Crippen MR) is 89.6 cm³/mol. The molecule has 23 heavy (non-hydrogen) atoms. The highest BCUT2D eigenvalue weighted by Crippen LogP contribution is 2.20. The van der Waals surface area contributed by atoms with Gasteiger partial charge in [-0.1, -0.05) is 30.3 Å². The Morgan fingerprint density at radius 2 is 2.09 bits per heavy atom. The van der Waals surface area contributed by atoms with E-state index >= 15 is 0 Å². The molecule has 3 aromatic rings. The van der Waals surface area contributed by atoms with E-state index in [-0.39, 0.29) is 11.9 Å². The van der Waals surface area contributed by atoms with Gasteiger partial charge in [0.05, 0.1) is 18.2 Å². The number of carbonyl (C=O) groups is 1. The molecule has 1 aromatic heterocycles. The fraction of sp³-hybridized carbons (Fsp3) is 0.222. The van der Waals surface area contributed by atoms with Gasteiger partial charge in [0, 0.05) is 5.39 Å². The van der Waals surface area contributed by atoms with E-state index in [2.05, 4.69) is 15.5 Å². The lowest BCUT2D eigenvalue weighted by atomic mass is 10.1. The number of amides is 1. The first-order valence-electron chi connectivity index (χ1n) is 7.65. The van der Waals surface area contributed by atoms with Crippen molar-refractivity contribution >= 4 is 16.8 Å². The van der Waals surface area contributed by atoms with Crippen molar-refractivity contribution in [3.8, 4) is 5.75 Å². The van der Waals surface area contributed by atoms with Crippen LogP contribution in [0.2, 0.25) is 0 Å². The molecule has 0 spiro atoms. The van der Waals surface area contributed by atoms with Gasteiger partial charge in [-0.25, -0.2) is 0 Å². The topological polar surface area (TPSA) is 67.0 Å². The quantitative estimate of drug-likeness (QED) is 0.758. The number of H-pyrrole nitrogens is 1. The van der Waals surface area contributed by atoms with Crippen LogP contribution in [0.5, 0.6) is 5.75 Å². The molecule has 0 radical (unpaired) electrons. The van der Waals surface area contributed by atoms with E-state index in [0.717, 1.165) is 22.2 Å². The second-order valence-corrected chi connectivity index (χ2v) is 5.32. The van der Waals surface area contributed by atoms with Crippen molar-refractivity contribution in [3.63, 3.8) is 0 Å². The maximum Gasteiger partial charge on any atom is 0.272 e. The molecule has 118 valence electrons. The first-order chi connectivity index (χ1) is 11.2. The fourth-order valence-electron chi connectivity index (χ4n) is 2.53. The minimum absolute atomic E-state index is 0.140. The zero-order valence-electron chi connectivity index (χ0n) is 13.2. The Kier molecular flexibility index (Phi) is 4.28. The van der Waals surface area contributed by atoms with E-state index in [1.165, 1.54) is 0 Å². The van der Waals surface area contributed by atoms with Crippen LogP contribution in [0, 0.1) is 0 Å². The highest BCUT2D eigenvalue weighted by atomic mass is 16.5. The van der Waals surface area contributed by atoms with Crippen LogP contribution in [-0.4, -0.2) is 22.7 Å². The lowest BCUT2D eigenvalue weighted by Crippen LogP contribution is -2.27. The van der Waals surface area contributed by atoms with Crippen LogP contribution < -0.4 is 10.1 Å². The molecule has 1 atom stereocenters. The number of fused-ring (bicyclic) bond motifs is 1. The smallest absolute Gasteiger partial charge is 0.272 e. The van der Waals surface area contributed by atoms with E-state index in [9.17, 15) is 4.79 Å². The van der Waals surface area contributed by atoms with Crippen molar-refractivity contribution in [3.05, 3.63) is 59.8 Å². The minimum Gasteiger partial charge on any atom is -0.494 e. The third-order valence-electron chi connectivity index (χ3n) is 3.70. The summed E-state index contributed by atoms with van der Waals surface area (Å²) in [6.45, 7) is 4.50. The normalized spacial score (nSPS) is 12.1. The summed E-state index contributed by atoms with van der Waals surface area (Å²) in [6, 6.07) is 15.2. The number of hydrogen-bond acceptors (Lipinski definition) is 3. The van der Waals surface area contributed by atoms with Crippen LogP contribution in [0.1, 0.15) is 35.9 Å². The van der Waals surface area contributed by atoms with E-state index in [1.54, 1.807) is 0 Å². The summed E-state index contributed by atoms with van der Waals surface area (Å²) < 4.78 is 5.50. The molecule has 0 saturated carbocycles. The van der Waals surface area contributed by atoms with Crippen LogP contribution in [-0.2, 0) is 0 Å². The molecule has 0 aliphatic carbocycles. The second kappa shape index (κ2) is 6.52. The van der Waals surface area contributed by atoms with Crippen LogP contribution in [0.4, 0.5) is 0 Å². The molecule has 2 aromatic carbocycles. The zero-order chi connectivity index (χ0) is 16.2. The van der Waals surface area contributed by atoms with Crippen LogP contribution in [0.15, 0.2) is 48.5 Å². The Morgan fingerprint density at radius 3 is 2.91 bits per heavy atom. The molecule has 5 heteroatoms. The van der Waals surface area contributed by atoms with E-state index < -0.39 is 0 Å². The Morgan fingerprint density at radius 1 is 1.26 bits per heavy atom. The summed E-state index contributed by atoms with van der Waals surface area (Å²) >= 11 is 0. The predicted octanol–water partition coefficient (Wildman–Crippen LogP) is 3.45. The third kappa shape index (κ3) is 3.18. The molecule has 1 heterocycles. The highest BCUT2D eigenvalue weighted by molar-refractivity contribution is 6.04. The number of para-hydroxylation sites is 1. The number of ether oxygens (including phenoxy) is 1. The molecule has 5 nitrogen and oxygen atoms in total. The van der Waals surface area contributed by atoms with Crippen molar-refractivity contribution in [2.75, 3.05) is 6.61 Å². The summed E-state index contributed by atoms with van der Waals surface area (Å²) in [6.07, 6.45) is 0. The van der Waals surface area contributed by atoms with Crippen molar-refractivity contribution in [2.24, 2.45) is 0 Å². The largest absolute Gasteiger partial charge is 0.494 e. The standard InChI is InChI=1S/C18H19N3O2/c1-3-23-14-8-6-7-13(11-14)12(2)19-18(22)17-15-9-4-5-10-16(15)20-21-17/h4-12H,3H2,1-2H3,(H,19,22)(H,20,21)/t12-/m0/s1. The average molecular weight is 309 g/mol. The summed E-state index contributed by atoms with van der Waals surface area (Å²) in [5, 5.41) is 10.8. The number of nitrogens with zero attached hydrogens (tertiary/aromatic N) is 1. The molecule has 0 aliphatic heterocycles. The lowest BCUT2D eigenvalue weighted by Gasteiger charge is -2.15. The first kappa shape index (κ1) is 15.1. The first-order valence-corrected chi connectivity index (χ1v) is 7.65. The van der Waals surface area contributed by atoms with Crippen molar-refractivity contribution in [2.45, 2.75) is 19.9 Å². The molecule has 1 amide bonds. The number of benzene rings is 2.